The molecule has 0 bridgehead atoms. The highest BCUT2D eigenvalue weighted by atomic mass is 16.5. The number of benzene rings is 3. The summed E-state index contributed by atoms with van der Waals surface area (Å²) >= 11 is 0. The zero-order valence-corrected chi connectivity index (χ0v) is 36.7. The Morgan fingerprint density at radius 1 is 1.03 bits per heavy atom. The summed E-state index contributed by atoms with van der Waals surface area (Å²) < 4.78 is 13.8. The van der Waals surface area contributed by atoms with Crippen molar-refractivity contribution in [2.45, 2.75) is 104 Å². The number of ether oxygens (including phenoxy) is 2. The lowest BCUT2D eigenvalue weighted by molar-refractivity contribution is -0.124. The van der Waals surface area contributed by atoms with Crippen LogP contribution in [0.1, 0.15) is 114 Å². The first-order chi connectivity index (χ1) is 29.4. The Labute approximate surface area is 360 Å². The van der Waals surface area contributed by atoms with E-state index < -0.39 is 6.04 Å². The van der Waals surface area contributed by atoms with Gasteiger partial charge < -0.3 is 30.4 Å². The van der Waals surface area contributed by atoms with Crippen LogP contribution in [0.15, 0.2) is 117 Å². The van der Waals surface area contributed by atoms with E-state index in [9.17, 15) is 14.9 Å². The maximum atomic E-state index is 13.4. The second-order valence-electron chi connectivity index (χ2n) is 15.7. The van der Waals surface area contributed by atoms with Crippen molar-refractivity contribution in [1.29, 1.82) is 5.26 Å². The lowest BCUT2D eigenvalue weighted by Crippen LogP contribution is -2.40. The van der Waals surface area contributed by atoms with Crippen LogP contribution in [0, 0.1) is 11.3 Å². The lowest BCUT2D eigenvalue weighted by atomic mass is 9.76. The Bertz CT molecular complexity index is 2430. The molecular formula is C50H61N7O4. The lowest BCUT2D eigenvalue weighted by Gasteiger charge is -2.28. The van der Waals surface area contributed by atoms with Gasteiger partial charge in [0.25, 0.3) is 5.56 Å². The van der Waals surface area contributed by atoms with E-state index in [-0.39, 0.29) is 29.4 Å². The van der Waals surface area contributed by atoms with Gasteiger partial charge in [-0.2, -0.15) is 5.26 Å². The predicted molar refractivity (Wildman–Crippen MR) is 247 cm³/mol. The number of fused-ring (bicyclic) bond motifs is 1. The van der Waals surface area contributed by atoms with Crippen molar-refractivity contribution in [3.8, 4) is 17.6 Å². The number of allylic oxidation sites excluding steroid dienone is 3. The molecule has 1 amide bonds. The average molecular weight is 824 g/mol. The van der Waals surface area contributed by atoms with Crippen molar-refractivity contribution < 1.29 is 14.3 Å². The van der Waals surface area contributed by atoms with Crippen LogP contribution in [0.5, 0.6) is 11.5 Å². The van der Waals surface area contributed by atoms with E-state index in [1.54, 1.807) is 12.3 Å². The normalized spacial score (nSPS) is 15.5. The van der Waals surface area contributed by atoms with Crippen molar-refractivity contribution in [3.05, 3.63) is 140 Å². The number of amides is 1. The first-order valence-electron chi connectivity index (χ1n) is 21.4. The number of nitrogens with zero attached hydrogens (tertiary/aromatic N) is 4. The zero-order valence-electron chi connectivity index (χ0n) is 36.7. The molecule has 11 heteroatoms. The van der Waals surface area contributed by atoms with Crippen molar-refractivity contribution in [1.82, 2.24) is 15.2 Å². The Morgan fingerprint density at radius 2 is 1.75 bits per heavy atom. The van der Waals surface area contributed by atoms with Gasteiger partial charge in [0.05, 0.1) is 17.3 Å². The second-order valence-corrected chi connectivity index (χ2v) is 15.7. The van der Waals surface area contributed by atoms with Gasteiger partial charge in [-0.1, -0.05) is 65.5 Å². The number of carbonyl (C=O) groups is 1. The topological polar surface area (TPSA) is 156 Å². The van der Waals surface area contributed by atoms with Crippen LogP contribution in [-0.4, -0.2) is 42.9 Å². The molecule has 6 rings (SSSR count). The quantitative estimate of drug-likeness (QED) is 0.0578. The molecule has 61 heavy (non-hydrogen) atoms. The highest BCUT2D eigenvalue weighted by molar-refractivity contribution is 5.86. The fourth-order valence-corrected chi connectivity index (χ4v) is 7.65. The molecule has 1 aliphatic carbocycles. The summed E-state index contributed by atoms with van der Waals surface area (Å²) in [6.07, 6.45) is 10.4. The van der Waals surface area contributed by atoms with Crippen molar-refractivity contribution >= 4 is 29.4 Å². The van der Waals surface area contributed by atoms with Crippen LogP contribution in [0.25, 0.3) is 10.8 Å². The SMILES string of the molecule is C=NC(N)=N/C(=C\C)COc1ccc(C(C)(C)c2cc(C#N)c(CCCNC(COc3ccc4c(=O)n(C5CCC(=C)NC5=O)ccc4c3)=C3CCC3)c(CC)c2)cc1.CC. The largest absolute Gasteiger partial charge is 0.487 e. The fraction of sp³-hybridized carbons (Fsp3) is 0.380. The minimum absolute atomic E-state index is 0.0961. The smallest absolute Gasteiger partial charge is 0.259 e. The molecule has 1 unspecified atom stereocenters. The van der Waals surface area contributed by atoms with Gasteiger partial charge in [-0.3, -0.25) is 9.59 Å². The highest BCUT2D eigenvalue weighted by Gasteiger charge is 2.28. The number of aryl methyl sites for hydroxylation is 1. The minimum Gasteiger partial charge on any atom is -0.487 e. The molecule has 4 N–H and O–H groups in total. The number of carbonyl (C=O) groups excluding carboxylic acids is 1. The summed E-state index contributed by atoms with van der Waals surface area (Å²) in [6.45, 7) is 21.0. The summed E-state index contributed by atoms with van der Waals surface area (Å²) in [5.41, 5.74) is 14.2. The number of guanidine groups is 1. The Kier molecular flexibility index (Phi) is 15.9. The summed E-state index contributed by atoms with van der Waals surface area (Å²) in [4.78, 5) is 33.8. The Morgan fingerprint density at radius 3 is 2.39 bits per heavy atom. The van der Waals surface area contributed by atoms with E-state index in [0.717, 1.165) is 72.0 Å². The number of hydrogen-bond acceptors (Lipinski definition) is 7. The molecule has 11 nitrogen and oxygen atoms in total. The number of hydrogen-bond donors (Lipinski definition) is 3. The van der Waals surface area contributed by atoms with E-state index in [1.165, 1.54) is 22.1 Å². The van der Waals surface area contributed by atoms with E-state index in [4.69, 9.17) is 15.2 Å². The highest BCUT2D eigenvalue weighted by Crippen LogP contribution is 2.36. The first-order valence-corrected chi connectivity index (χ1v) is 21.4. The molecule has 2 aliphatic rings. The van der Waals surface area contributed by atoms with E-state index in [0.29, 0.717) is 47.7 Å². The molecule has 0 spiro atoms. The molecule has 3 aromatic carbocycles. The molecule has 2 heterocycles. The monoisotopic (exact) mass is 823 g/mol. The number of aromatic nitrogens is 1. The van der Waals surface area contributed by atoms with Crippen molar-refractivity contribution in [2.24, 2.45) is 15.7 Å². The summed E-state index contributed by atoms with van der Waals surface area (Å²) in [5.74, 6) is 1.28. The molecule has 320 valence electrons. The van der Waals surface area contributed by atoms with E-state index >= 15 is 0 Å². The Hall–Kier alpha value is -6.41. The van der Waals surface area contributed by atoms with Crippen LogP contribution in [0.3, 0.4) is 0 Å². The molecule has 1 aromatic heterocycles. The number of nitrogens with one attached hydrogen (secondary N) is 2. The standard InChI is InChI=1S/C48H55N7O4.C2H6/c1-7-32-25-37(48(4,5)36-15-17-39(18-16-36)58-29-38(8-2)54-47(50)51-6)26-35(28-49)41(32)13-10-23-52-43(33-11-9-12-33)30-59-40-19-20-42-34(27-40)22-24-55(46(42)57)44-21-14-31(3)53-45(44)56;1-2/h8,15-20,22,24-27,44,52H,3,6-7,9-14,21,23,29-30H2,1-2,4-5H3,(H2,50,54)(H,53,56);1-2H3/b38-8-;. The van der Waals surface area contributed by atoms with Gasteiger partial charge in [0.15, 0.2) is 0 Å². The van der Waals surface area contributed by atoms with E-state index in [1.807, 2.05) is 57.2 Å². The summed E-state index contributed by atoms with van der Waals surface area (Å²) in [7, 11) is 0. The van der Waals surface area contributed by atoms with E-state index in [2.05, 4.69) is 85.0 Å². The van der Waals surface area contributed by atoms with Crippen molar-refractivity contribution in [2.75, 3.05) is 19.8 Å². The maximum Gasteiger partial charge on any atom is 0.259 e. The van der Waals surface area contributed by atoms with Crippen LogP contribution in [0.2, 0.25) is 0 Å². The average Bonchev–Trinajstić information content (AvgIpc) is 3.25. The van der Waals surface area contributed by atoms with Gasteiger partial charge in [0.1, 0.15) is 30.8 Å². The molecular weight excluding hydrogens is 763 g/mol. The number of nitrogens with two attached hydrogens (primary N) is 1. The third kappa shape index (κ3) is 11.1. The number of nitriles is 1. The molecule has 4 aromatic rings. The summed E-state index contributed by atoms with van der Waals surface area (Å²) in [6, 6.07) is 21.7. The van der Waals surface area contributed by atoms with Gasteiger partial charge in [-0.15, -0.1) is 0 Å². The zero-order chi connectivity index (χ0) is 44.1. The molecule has 2 fully saturated rings. The number of piperidine rings is 1. The first kappa shape index (κ1) is 45.7. The third-order valence-electron chi connectivity index (χ3n) is 11.6. The number of rotatable bonds is 16. The van der Waals surface area contributed by atoms with Crippen LogP contribution in [0.4, 0.5) is 0 Å². The van der Waals surface area contributed by atoms with Gasteiger partial charge >= 0.3 is 0 Å². The third-order valence-corrected chi connectivity index (χ3v) is 11.6. The minimum atomic E-state index is -0.550. The van der Waals surface area contributed by atoms with Gasteiger partial charge in [-0.05, 0) is 141 Å². The van der Waals surface area contributed by atoms with Gasteiger partial charge in [-0.25, -0.2) is 9.98 Å². The predicted octanol–water partition coefficient (Wildman–Crippen LogP) is 9.09. The molecule has 0 radical (unpaired) electrons. The molecule has 1 saturated carbocycles. The van der Waals surface area contributed by atoms with Gasteiger partial charge in [0.2, 0.25) is 11.9 Å². The second kappa shape index (κ2) is 21.2. The van der Waals surface area contributed by atoms with Crippen molar-refractivity contribution in [3.63, 3.8) is 0 Å². The Balaban J connectivity index is 0.00000347. The van der Waals surface area contributed by atoms with Gasteiger partial charge in [0, 0.05) is 34.9 Å². The van der Waals surface area contributed by atoms with Crippen LogP contribution in [-0.2, 0) is 23.1 Å². The van der Waals surface area contributed by atoms with Crippen LogP contribution >= 0.6 is 0 Å². The number of aliphatic imine (C=N–C) groups is 2. The van der Waals surface area contributed by atoms with Crippen LogP contribution < -0.4 is 31.4 Å². The fourth-order valence-electron chi connectivity index (χ4n) is 7.65. The summed E-state index contributed by atoms with van der Waals surface area (Å²) in [5, 5.41) is 18.1. The number of pyridine rings is 1. The maximum absolute atomic E-state index is 13.4. The molecule has 1 atom stereocenters. The molecule has 1 saturated heterocycles. The molecule has 1 aliphatic heterocycles.